The van der Waals surface area contributed by atoms with Crippen LogP contribution in [0.1, 0.15) is 18.1 Å². The summed E-state index contributed by atoms with van der Waals surface area (Å²) in [5.41, 5.74) is 1.14. The Balaban J connectivity index is 2.00. The molecule has 4 rings (SSSR count). The Bertz CT molecular complexity index is 759. The van der Waals surface area contributed by atoms with Crippen molar-refractivity contribution < 1.29 is 14.4 Å². The van der Waals surface area contributed by atoms with Crippen molar-refractivity contribution in [2.45, 2.75) is 12.3 Å². The molecule has 1 atom stereocenters. The van der Waals surface area contributed by atoms with Crippen LogP contribution in [0.5, 0.6) is 17.4 Å². The largest absolute Gasteiger partial charge is 0.492 e. The molecule has 2 aliphatic heterocycles. The highest BCUT2D eigenvalue weighted by Gasteiger charge is 2.46. The van der Waals surface area contributed by atoms with Gasteiger partial charge >= 0.3 is 0 Å². The number of benzene rings is 1. The van der Waals surface area contributed by atoms with E-state index in [1.165, 1.54) is 12.3 Å². The van der Waals surface area contributed by atoms with Crippen molar-refractivity contribution in [2.75, 3.05) is 6.61 Å². The van der Waals surface area contributed by atoms with E-state index in [0.717, 1.165) is 11.3 Å². The van der Waals surface area contributed by atoms with Gasteiger partial charge in [-0.2, -0.15) is 0 Å². The van der Waals surface area contributed by atoms with E-state index in [0.29, 0.717) is 23.8 Å². The second-order valence-corrected chi connectivity index (χ2v) is 5.16. The first-order valence-corrected chi connectivity index (χ1v) is 6.19. The minimum absolute atomic E-state index is 0.0404. The fourth-order valence-corrected chi connectivity index (χ4v) is 2.89. The van der Waals surface area contributed by atoms with Crippen LogP contribution >= 0.6 is 0 Å². The summed E-state index contributed by atoms with van der Waals surface area (Å²) in [5, 5.41) is 10.9. The zero-order chi connectivity index (χ0) is 13.9. The van der Waals surface area contributed by atoms with E-state index in [1.54, 1.807) is 0 Å². The molecule has 0 bridgehead atoms. The molecule has 1 aromatic heterocycles. The van der Waals surface area contributed by atoms with Crippen LogP contribution < -0.4 is 9.47 Å². The molecule has 6 nitrogen and oxygen atoms in total. The zero-order valence-corrected chi connectivity index (χ0v) is 10.6. The third-order valence-electron chi connectivity index (χ3n) is 3.90. The summed E-state index contributed by atoms with van der Waals surface area (Å²) in [5.74, 6) is 1.88. The fraction of sp³-hybridized carbons (Fsp3) is 0.214. The first-order chi connectivity index (χ1) is 9.59. The van der Waals surface area contributed by atoms with Crippen LogP contribution in [0.3, 0.4) is 0 Å². The van der Waals surface area contributed by atoms with Gasteiger partial charge < -0.3 is 9.47 Å². The molecule has 1 unspecified atom stereocenters. The second kappa shape index (κ2) is 3.47. The number of hydrogen-bond donors (Lipinski definition) is 0. The molecule has 0 saturated heterocycles. The minimum Gasteiger partial charge on any atom is -0.492 e. The minimum atomic E-state index is -0.460. The van der Waals surface area contributed by atoms with Crippen molar-refractivity contribution in [3.63, 3.8) is 0 Å². The van der Waals surface area contributed by atoms with Crippen LogP contribution in [-0.2, 0) is 5.41 Å². The lowest BCUT2D eigenvalue weighted by Crippen LogP contribution is -2.29. The molecule has 0 radical (unpaired) electrons. The normalized spacial score (nSPS) is 21.4. The van der Waals surface area contributed by atoms with Gasteiger partial charge in [0.1, 0.15) is 24.3 Å². The Labute approximate surface area is 114 Å². The molecule has 1 aromatic carbocycles. The summed E-state index contributed by atoms with van der Waals surface area (Å²) in [6.07, 6.45) is 1.22. The highest BCUT2D eigenvalue weighted by molar-refractivity contribution is 5.63. The maximum Gasteiger partial charge on any atom is 0.288 e. The van der Waals surface area contributed by atoms with Crippen LogP contribution in [0.15, 0.2) is 30.5 Å². The van der Waals surface area contributed by atoms with E-state index in [4.69, 9.17) is 9.47 Å². The number of fused-ring (bicyclic) bond motifs is 2. The van der Waals surface area contributed by atoms with Crippen molar-refractivity contribution in [3.05, 3.63) is 51.7 Å². The number of ether oxygens (including phenoxy) is 2. The molecule has 0 spiro atoms. The van der Waals surface area contributed by atoms with Crippen LogP contribution in [-0.4, -0.2) is 16.5 Å². The van der Waals surface area contributed by atoms with Gasteiger partial charge in [0.2, 0.25) is 5.88 Å². The number of aromatic nitrogens is 1. The summed E-state index contributed by atoms with van der Waals surface area (Å²) in [7, 11) is 0. The van der Waals surface area contributed by atoms with Gasteiger partial charge in [-0.15, -0.1) is 0 Å². The van der Waals surface area contributed by atoms with Gasteiger partial charge in [-0.1, -0.05) is 6.07 Å². The van der Waals surface area contributed by atoms with Gasteiger partial charge in [0.05, 0.1) is 15.9 Å². The van der Waals surface area contributed by atoms with Gasteiger partial charge in [-0.25, -0.2) is 4.98 Å². The molecule has 0 N–H and O–H groups in total. The fourth-order valence-electron chi connectivity index (χ4n) is 2.89. The molecule has 0 aliphatic carbocycles. The van der Waals surface area contributed by atoms with Gasteiger partial charge in [-0.05, 0) is 19.1 Å². The molecule has 3 heterocycles. The van der Waals surface area contributed by atoms with E-state index >= 15 is 0 Å². The van der Waals surface area contributed by atoms with E-state index in [9.17, 15) is 10.1 Å². The second-order valence-electron chi connectivity index (χ2n) is 5.16. The Morgan fingerprint density at radius 1 is 1.40 bits per heavy atom. The summed E-state index contributed by atoms with van der Waals surface area (Å²) < 4.78 is 11.5. The predicted octanol–water partition coefficient (Wildman–Crippen LogP) is 2.79. The van der Waals surface area contributed by atoms with E-state index in [-0.39, 0.29) is 5.69 Å². The van der Waals surface area contributed by atoms with Crippen molar-refractivity contribution in [1.82, 2.24) is 4.98 Å². The number of nitro groups is 1. The SMILES string of the molecule is CC12COc3cccc(c31)Oc1ncc([N+](=O)[O-])cc12. The monoisotopic (exact) mass is 270 g/mol. The van der Waals surface area contributed by atoms with Crippen LogP contribution in [0.25, 0.3) is 0 Å². The molecule has 2 aliphatic rings. The topological polar surface area (TPSA) is 74.5 Å². The number of nitrogens with zero attached hydrogens (tertiary/aromatic N) is 2. The van der Waals surface area contributed by atoms with Gasteiger partial charge in [0.15, 0.2) is 0 Å². The zero-order valence-electron chi connectivity index (χ0n) is 10.6. The van der Waals surface area contributed by atoms with Crippen LogP contribution in [0.2, 0.25) is 0 Å². The molecule has 0 amide bonds. The van der Waals surface area contributed by atoms with Crippen LogP contribution in [0.4, 0.5) is 5.69 Å². The number of rotatable bonds is 1. The van der Waals surface area contributed by atoms with E-state index in [1.807, 2.05) is 25.1 Å². The van der Waals surface area contributed by atoms with Crippen LogP contribution in [0, 0.1) is 10.1 Å². The first kappa shape index (κ1) is 11.2. The first-order valence-electron chi connectivity index (χ1n) is 6.19. The Morgan fingerprint density at radius 3 is 3.00 bits per heavy atom. The lowest BCUT2D eigenvalue weighted by Gasteiger charge is -2.30. The Hall–Kier alpha value is -2.63. The average Bonchev–Trinajstić information content (AvgIpc) is 2.79. The van der Waals surface area contributed by atoms with E-state index < -0.39 is 10.3 Å². The summed E-state index contributed by atoms with van der Waals surface area (Å²) >= 11 is 0. The lowest BCUT2D eigenvalue weighted by molar-refractivity contribution is -0.385. The standard InChI is InChI=1S/C14H10N2O4/c1-14-7-19-10-3-2-4-11(12(10)14)20-13-9(14)5-8(6-15-13)16(17)18/h2-6H,7H2,1H3. The maximum atomic E-state index is 10.9. The number of hydrogen-bond acceptors (Lipinski definition) is 5. The lowest BCUT2D eigenvalue weighted by atomic mass is 9.76. The predicted molar refractivity (Wildman–Crippen MR) is 69.4 cm³/mol. The summed E-state index contributed by atoms with van der Waals surface area (Å²) in [4.78, 5) is 14.6. The molecular formula is C14H10N2O4. The number of pyridine rings is 1. The Kier molecular flexibility index (Phi) is 1.95. The average molecular weight is 270 g/mol. The van der Waals surface area contributed by atoms with Gasteiger partial charge in [0, 0.05) is 11.6 Å². The molecule has 100 valence electrons. The third-order valence-corrected chi connectivity index (χ3v) is 3.90. The van der Waals surface area contributed by atoms with Crippen molar-refractivity contribution in [1.29, 1.82) is 0 Å². The van der Waals surface area contributed by atoms with Gasteiger partial charge in [-0.3, -0.25) is 10.1 Å². The maximum absolute atomic E-state index is 10.9. The van der Waals surface area contributed by atoms with Crippen molar-refractivity contribution in [2.24, 2.45) is 0 Å². The van der Waals surface area contributed by atoms with Crippen molar-refractivity contribution in [3.8, 4) is 17.4 Å². The summed E-state index contributed by atoms with van der Waals surface area (Å²) in [6, 6.07) is 7.12. The molecule has 6 heteroatoms. The quantitative estimate of drug-likeness (QED) is 0.588. The molecule has 20 heavy (non-hydrogen) atoms. The molecular weight excluding hydrogens is 260 g/mol. The molecule has 0 saturated carbocycles. The highest BCUT2D eigenvalue weighted by Crippen LogP contribution is 2.54. The van der Waals surface area contributed by atoms with Crippen molar-refractivity contribution >= 4 is 5.69 Å². The Morgan fingerprint density at radius 2 is 2.20 bits per heavy atom. The molecule has 2 aromatic rings. The highest BCUT2D eigenvalue weighted by atomic mass is 16.6. The third kappa shape index (κ3) is 1.25. The smallest absolute Gasteiger partial charge is 0.288 e. The van der Waals surface area contributed by atoms with E-state index in [2.05, 4.69) is 4.98 Å². The van der Waals surface area contributed by atoms with Gasteiger partial charge in [0.25, 0.3) is 5.69 Å². The molecule has 0 fully saturated rings. The summed E-state index contributed by atoms with van der Waals surface area (Å²) in [6.45, 7) is 2.42.